The van der Waals surface area contributed by atoms with E-state index in [2.05, 4.69) is 0 Å². The lowest BCUT2D eigenvalue weighted by atomic mass is 9.96. The highest BCUT2D eigenvalue weighted by Crippen LogP contribution is 2.41. The van der Waals surface area contributed by atoms with Crippen LogP contribution in [0.1, 0.15) is 35.2 Å². The molecule has 1 aromatic rings. The van der Waals surface area contributed by atoms with Crippen LogP contribution in [-0.2, 0) is 6.42 Å². The highest BCUT2D eigenvalue weighted by molar-refractivity contribution is 6.31. The SMILES string of the molecule is N=CCC(=C(CF)N1CCc2cc(F)c(Cl)cc2C1=O)C1CC1. The summed E-state index contributed by atoms with van der Waals surface area (Å²) >= 11 is 5.78. The second kappa shape index (κ2) is 6.40. The first-order valence-corrected chi connectivity index (χ1v) is 8.01. The maximum atomic E-state index is 13.7. The Balaban J connectivity index is 2.00. The average molecular weight is 339 g/mol. The molecule has 1 fully saturated rings. The van der Waals surface area contributed by atoms with Gasteiger partial charge in [-0.2, -0.15) is 0 Å². The normalized spacial score (nSPS) is 18.6. The van der Waals surface area contributed by atoms with Gasteiger partial charge in [-0.15, -0.1) is 0 Å². The van der Waals surface area contributed by atoms with Gasteiger partial charge in [0.15, 0.2) is 0 Å². The summed E-state index contributed by atoms with van der Waals surface area (Å²) in [6, 6.07) is 2.61. The van der Waals surface area contributed by atoms with Crippen LogP contribution in [0.5, 0.6) is 0 Å². The summed E-state index contributed by atoms with van der Waals surface area (Å²) in [5, 5.41) is 7.21. The molecule has 122 valence electrons. The Hall–Kier alpha value is -1.75. The minimum atomic E-state index is -0.740. The van der Waals surface area contributed by atoms with Crippen molar-refractivity contribution in [2.24, 2.45) is 5.92 Å². The molecule has 2 aliphatic rings. The maximum Gasteiger partial charge on any atom is 0.258 e. The molecular formula is C17H17ClF2N2O. The molecule has 3 nitrogen and oxygen atoms in total. The molecule has 0 bridgehead atoms. The third-order valence-electron chi connectivity index (χ3n) is 4.44. The van der Waals surface area contributed by atoms with Crippen molar-refractivity contribution in [3.05, 3.63) is 45.4 Å². The van der Waals surface area contributed by atoms with Gasteiger partial charge in [-0.25, -0.2) is 8.78 Å². The predicted octanol–water partition coefficient (Wildman–Crippen LogP) is 4.15. The van der Waals surface area contributed by atoms with Crippen LogP contribution in [0.3, 0.4) is 0 Å². The summed E-state index contributed by atoms with van der Waals surface area (Å²) in [5.41, 5.74) is 2.14. The first kappa shape index (κ1) is 16.1. The smallest absolute Gasteiger partial charge is 0.258 e. The lowest BCUT2D eigenvalue weighted by Crippen LogP contribution is -2.38. The molecule has 1 saturated carbocycles. The van der Waals surface area contributed by atoms with Crippen LogP contribution < -0.4 is 0 Å². The number of carbonyl (C=O) groups excluding carboxylic acids is 1. The molecule has 1 N–H and O–H groups in total. The number of carbonyl (C=O) groups is 1. The number of hydrogen-bond acceptors (Lipinski definition) is 2. The Morgan fingerprint density at radius 2 is 2.17 bits per heavy atom. The topological polar surface area (TPSA) is 44.2 Å². The Bertz CT molecular complexity index is 698. The van der Waals surface area contributed by atoms with Crippen molar-refractivity contribution in [1.82, 2.24) is 4.90 Å². The van der Waals surface area contributed by atoms with Gasteiger partial charge in [0, 0.05) is 18.5 Å². The Kier molecular flexibility index (Phi) is 4.48. The van der Waals surface area contributed by atoms with Crippen molar-refractivity contribution in [3.8, 4) is 0 Å². The van der Waals surface area contributed by atoms with E-state index in [4.69, 9.17) is 17.0 Å². The number of hydrogen-bond donors (Lipinski definition) is 1. The summed E-state index contributed by atoms with van der Waals surface area (Å²) in [4.78, 5) is 14.2. The lowest BCUT2D eigenvalue weighted by Gasteiger charge is -2.31. The monoisotopic (exact) mass is 338 g/mol. The molecule has 23 heavy (non-hydrogen) atoms. The summed E-state index contributed by atoms with van der Waals surface area (Å²) < 4.78 is 27.2. The largest absolute Gasteiger partial charge is 0.313 e. The highest BCUT2D eigenvalue weighted by atomic mass is 35.5. The molecule has 3 rings (SSSR count). The van der Waals surface area contributed by atoms with Crippen molar-refractivity contribution in [2.75, 3.05) is 13.2 Å². The second-order valence-corrected chi connectivity index (χ2v) is 6.33. The standard InChI is InChI=1S/C17H17ClF2N2O/c18-14-8-13-11(7-15(14)20)4-6-22(17(13)23)16(9-19)12(3-5-21)10-1-2-10/h5,7-8,10,21H,1-4,6,9H2. The second-order valence-electron chi connectivity index (χ2n) is 5.92. The number of benzene rings is 1. The van der Waals surface area contributed by atoms with E-state index in [1.165, 1.54) is 23.2 Å². The Morgan fingerprint density at radius 3 is 2.78 bits per heavy atom. The number of halogens is 3. The van der Waals surface area contributed by atoms with Gasteiger partial charge in [-0.05, 0) is 54.7 Å². The van der Waals surface area contributed by atoms with E-state index >= 15 is 0 Å². The van der Waals surface area contributed by atoms with Gasteiger partial charge >= 0.3 is 0 Å². The third-order valence-corrected chi connectivity index (χ3v) is 4.73. The van der Waals surface area contributed by atoms with Gasteiger partial charge in [0.1, 0.15) is 12.5 Å². The molecule has 1 aliphatic carbocycles. The van der Waals surface area contributed by atoms with E-state index in [1.54, 1.807) is 0 Å². The number of fused-ring (bicyclic) bond motifs is 1. The average Bonchev–Trinajstić information content (AvgIpc) is 3.36. The molecule has 0 aromatic heterocycles. The molecule has 1 aromatic carbocycles. The van der Waals surface area contributed by atoms with Crippen LogP contribution in [0.4, 0.5) is 8.78 Å². The van der Waals surface area contributed by atoms with Crippen molar-refractivity contribution in [1.29, 1.82) is 5.41 Å². The molecule has 6 heteroatoms. The zero-order valence-corrected chi connectivity index (χ0v) is 13.3. The van der Waals surface area contributed by atoms with Crippen LogP contribution in [0.25, 0.3) is 0 Å². The zero-order chi connectivity index (χ0) is 16.6. The molecule has 0 saturated heterocycles. The number of rotatable bonds is 5. The Labute approximate surface area is 138 Å². The van der Waals surface area contributed by atoms with Crippen LogP contribution in [-0.4, -0.2) is 30.2 Å². The van der Waals surface area contributed by atoms with Gasteiger partial charge < -0.3 is 10.3 Å². The van der Waals surface area contributed by atoms with Gasteiger partial charge in [0.25, 0.3) is 5.91 Å². The van der Waals surface area contributed by atoms with E-state index in [-0.39, 0.29) is 16.8 Å². The molecule has 0 unspecified atom stereocenters. The molecular weight excluding hydrogens is 322 g/mol. The predicted molar refractivity (Wildman–Crippen MR) is 85.3 cm³/mol. The minimum absolute atomic E-state index is 0.105. The van der Waals surface area contributed by atoms with Crippen molar-refractivity contribution in [3.63, 3.8) is 0 Å². The van der Waals surface area contributed by atoms with Crippen molar-refractivity contribution >= 4 is 23.7 Å². The van der Waals surface area contributed by atoms with Gasteiger partial charge in [0.2, 0.25) is 0 Å². The Morgan fingerprint density at radius 1 is 1.43 bits per heavy atom. The van der Waals surface area contributed by atoms with Gasteiger partial charge in [-0.1, -0.05) is 11.6 Å². The molecule has 1 amide bonds. The van der Waals surface area contributed by atoms with Crippen molar-refractivity contribution < 1.29 is 13.6 Å². The summed E-state index contributed by atoms with van der Waals surface area (Å²) in [6.07, 6.45) is 4.02. The van der Waals surface area contributed by atoms with E-state index < -0.39 is 12.5 Å². The molecule has 1 aliphatic heterocycles. The maximum absolute atomic E-state index is 13.7. The number of amides is 1. The first-order chi connectivity index (χ1) is 11.1. The van der Waals surface area contributed by atoms with E-state index in [0.29, 0.717) is 36.2 Å². The summed E-state index contributed by atoms with van der Waals surface area (Å²) in [7, 11) is 0. The van der Waals surface area contributed by atoms with E-state index in [1.807, 2.05) is 0 Å². The summed E-state index contributed by atoms with van der Waals surface area (Å²) in [6.45, 7) is -0.421. The molecule has 0 radical (unpaired) electrons. The molecule has 0 atom stereocenters. The van der Waals surface area contributed by atoms with Crippen molar-refractivity contribution in [2.45, 2.75) is 25.7 Å². The fourth-order valence-corrected chi connectivity index (χ4v) is 3.29. The number of alkyl halides is 1. The number of nitrogens with one attached hydrogen (secondary N) is 1. The lowest BCUT2D eigenvalue weighted by molar-refractivity contribution is 0.0779. The highest BCUT2D eigenvalue weighted by Gasteiger charge is 2.34. The van der Waals surface area contributed by atoms with E-state index in [0.717, 1.165) is 18.4 Å². The fraction of sp³-hybridized carbons (Fsp3) is 0.412. The number of allylic oxidation sites excluding steroid dienone is 2. The third kappa shape index (κ3) is 3.02. The van der Waals surface area contributed by atoms with Crippen LogP contribution >= 0.6 is 11.6 Å². The fourth-order valence-electron chi connectivity index (χ4n) is 3.12. The molecule has 0 spiro atoms. The zero-order valence-electron chi connectivity index (χ0n) is 12.5. The first-order valence-electron chi connectivity index (χ1n) is 7.63. The quantitative estimate of drug-likeness (QED) is 0.805. The summed E-state index contributed by atoms with van der Waals surface area (Å²) in [5.74, 6) is -0.618. The van der Waals surface area contributed by atoms with Gasteiger partial charge in [-0.3, -0.25) is 4.79 Å². The van der Waals surface area contributed by atoms with Gasteiger partial charge in [0.05, 0.1) is 10.7 Å². The van der Waals surface area contributed by atoms with Crippen LogP contribution in [0.2, 0.25) is 5.02 Å². The number of nitrogens with zero attached hydrogens (tertiary/aromatic N) is 1. The van der Waals surface area contributed by atoms with Crippen LogP contribution in [0, 0.1) is 17.1 Å². The minimum Gasteiger partial charge on any atom is -0.313 e. The molecule has 1 heterocycles. The van der Waals surface area contributed by atoms with E-state index in [9.17, 15) is 13.6 Å². The van der Waals surface area contributed by atoms with Crippen LogP contribution in [0.15, 0.2) is 23.4 Å².